The molecule has 0 amide bonds. The van der Waals surface area contributed by atoms with Crippen molar-refractivity contribution < 1.29 is 26.0 Å². The lowest BCUT2D eigenvalue weighted by molar-refractivity contribution is -0.0474. The highest BCUT2D eigenvalue weighted by molar-refractivity contribution is 7.90. The predicted octanol–water partition coefficient (Wildman–Crippen LogP) is 5.57. The van der Waals surface area contributed by atoms with E-state index < -0.39 is 34.9 Å². The smallest absolute Gasteiger partial charge is 0.303 e. The highest BCUT2D eigenvalue weighted by Gasteiger charge is 2.40. The van der Waals surface area contributed by atoms with Crippen LogP contribution in [0.15, 0.2) is 18.2 Å². The summed E-state index contributed by atoms with van der Waals surface area (Å²) in [5, 5.41) is 0. The maximum atomic E-state index is 13.7. The molecule has 0 N–H and O–H groups in total. The summed E-state index contributed by atoms with van der Waals surface area (Å²) in [5.41, 5.74) is 1.51. The fourth-order valence-electron chi connectivity index (χ4n) is 4.96. The molecule has 0 spiro atoms. The van der Waals surface area contributed by atoms with Crippen molar-refractivity contribution in [3.8, 4) is 0 Å². The Balaban J connectivity index is 1.63. The molecule has 0 bridgehead atoms. The quantitative estimate of drug-likeness (QED) is 0.486. The molecular weight excluding hydrogens is 484 g/mol. The number of anilines is 1. The van der Waals surface area contributed by atoms with Crippen LogP contribution in [0.2, 0.25) is 0 Å². The van der Waals surface area contributed by atoms with Crippen molar-refractivity contribution in [3.63, 3.8) is 0 Å². The van der Waals surface area contributed by atoms with Crippen LogP contribution in [0.4, 0.5) is 23.2 Å². The van der Waals surface area contributed by atoms with E-state index >= 15 is 0 Å². The van der Waals surface area contributed by atoms with Crippen LogP contribution in [0, 0.1) is 5.92 Å². The number of benzene rings is 1. The molecule has 2 heterocycles. The van der Waals surface area contributed by atoms with Gasteiger partial charge in [0.05, 0.1) is 16.7 Å². The molecule has 2 fully saturated rings. The topological polar surface area (TPSA) is 58.4 Å². The number of piperidine rings is 1. The molecular formula is C24H34F4N4O2S. The zero-order valence-electron chi connectivity index (χ0n) is 20.7. The van der Waals surface area contributed by atoms with Gasteiger partial charge in [-0.2, -0.15) is 12.7 Å². The summed E-state index contributed by atoms with van der Waals surface area (Å²) in [7, 11) is -2.56. The fraction of sp³-hybridized carbons (Fsp3) is 0.708. The molecule has 1 aromatic carbocycles. The van der Waals surface area contributed by atoms with Gasteiger partial charge in [0.1, 0.15) is 5.82 Å². The van der Waals surface area contributed by atoms with Crippen LogP contribution in [0.25, 0.3) is 11.0 Å². The Morgan fingerprint density at radius 1 is 1.03 bits per heavy atom. The Kier molecular flexibility index (Phi) is 6.66. The summed E-state index contributed by atoms with van der Waals surface area (Å²) in [5.74, 6) is -4.50. The van der Waals surface area contributed by atoms with Crippen LogP contribution in [-0.2, 0) is 22.2 Å². The molecule has 35 heavy (non-hydrogen) atoms. The van der Waals surface area contributed by atoms with Gasteiger partial charge >= 0.3 is 10.2 Å². The van der Waals surface area contributed by atoms with Crippen LogP contribution in [-0.4, -0.2) is 54.3 Å². The average molecular weight is 519 g/mol. The van der Waals surface area contributed by atoms with E-state index in [0.29, 0.717) is 30.6 Å². The van der Waals surface area contributed by atoms with E-state index in [9.17, 15) is 26.0 Å². The van der Waals surface area contributed by atoms with E-state index in [4.69, 9.17) is 4.98 Å². The summed E-state index contributed by atoms with van der Waals surface area (Å²) in [4.78, 5) is 4.82. The van der Waals surface area contributed by atoms with E-state index in [1.54, 1.807) is 18.2 Å². The number of halogens is 4. The summed E-state index contributed by atoms with van der Waals surface area (Å²) < 4.78 is 84.8. The van der Waals surface area contributed by atoms with Crippen molar-refractivity contribution >= 4 is 26.9 Å². The van der Waals surface area contributed by atoms with Gasteiger partial charge in [0.2, 0.25) is 5.92 Å². The lowest BCUT2D eigenvalue weighted by Gasteiger charge is -2.34. The molecule has 0 unspecified atom stereocenters. The summed E-state index contributed by atoms with van der Waals surface area (Å²) in [6.07, 6.45) is -0.305. The fourth-order valence-corrected chi connectivity index (χ4v) is 6.33. The summed E-state index contributed by atoms with van der Waals surface area (Å²) >= 11 is 0. The van der Waals surface area contributed by atoms with E-state index in [0.717, 1.165) is 20.0 Å². The lowest BCUT2D eigenvalue weighted by Crippen LogP contribution is -2.48. The lowest BCUT2D eigenvalue weighted by atomic mass is 9.86. The molecule has 1 saturated heterocycles. The van der Waals surface area contributed by atoms with Gasteiger partial charge in [0.15, 0.2) is 0 Å². The first-order valence-electron chi connectivity index (χ1n) is 12.1. The van der Waals surface area contributed by atoms with E-state index in [1.807, 2.05) is 20.8 Å². The second kappa shape index (κ2) is 8.90. The van der Waals surface area contributed by atoms with Gasteiger partial charge in [-0.05, 0) is 37.0 Å². The number of fused-ring (bicyclic) bond motifs is 1. The Hall–Kier alpha value is -1.88. The molecule has 1 aliphatic heterocycles. The van der Waals surface area contributed by atoms with Gasteiger partial charge in [-0.25, -0.2) is 22.5 Å². The minimum atomic E-state index is -3.97. The number of imidazole rings is 1. The Morgan fingerprint density at radius 2 is 1.60 bits per heavy atom. The maximum Gasteiger partial charge on any atom is 0.303 e. The monoisotopic (exact) mass is 518 g/mol. The van der Waals surface area contributed by atoms with Crippen molar-refractivity contribution in [2.75, 3.05) is 24.4 Å². The van der Waals surface area contributed by atoms with Gasteiger partial charge in [0, 0.05) is 57.8 Å². The molecule has 0 radical (unpaired) electrons. The molecule has 2 aliphatic rings. The maximum absolute atomic E-state index is 13.7. The standard InChI is InChI=1S/C24H34F4N4O2S/c1-22(2,3)21-29-19-15-18(30(4)35(33,34)31-13-11-24(27,28)12-14-31)5-6-20(19)32(21)16-17-7-9-23(25,26)10-8-17/h5-6,15,17H,7-14,16H2,1-4H3. The van der Waals surface area contributed by atoms with Gasteiger partial charge in [0.25, 0.3) is 5.92 Å². The minimum Gasteiger partial charge on any atom is -0.327 e. The Bertz CT molecular complexity index is 1170. The summed E-state index contributed by atoms with van der Waals surface area (Å²) in [6.45, 7) is 6.21. The van der Waals surface area contributed by atoms with Crippen LogP contribution >= 0.6 is 0 Å². The molecule has 0 atom stereocenters. The van der Waals surface area contributed by atoms with Crippen LogP contribution in [0.1, 0.15) is 65.1 Å². The highest BCUT2D eigenvalue weighted by Crippen LogP contribution is 2.38. The van der Waals surface area contributed by atoms with Gasteiger partial charge in [-0.3, -0.25) is 4.31 Å². The predicted molar refractivity (Wildman–Crippen MR) is 128 cm³/mol. The van der Waals surface area contributed by atoms with Gasteiger partial charge < -0.3 is 4.57 Å². The molecule has 6 nitrogen and oxygen atoms in total. The second-order valence-electron chi connectivity index (χ2n) is 11.0. The van der Waals surface area contributed by atoms with E-state index in [2.05, 4.69) is 4.57 Å². The first kappa shape index (κ1) is 26.2. The van der Waals surface area contributed by atoms with Crippen LogP contribution in [0.3, 0.4) is 0 Å². The molecule has 2 aromatic rings. The van der Waals surface area contributed by atoms with Crippen LogP contribution in [0.5, 0.6) is 0 Å². The Labute approximate surface area is 204 Å². The largest absolute Gasteiger partial charge is 0.327 e. The zero-order valence-corrected chi connectivity index (χ0v) is 21.5. The molecule has 1 aliphatic carbocycles. The average Bonchev–Trinajstić information content (AvgIpc) is 3.12. The third-order valence-corrected chi connectivity index (χ3v) is 9.09. The van der Waals surface area contributed by atoms with Crippen molar-refractivity contribution in [2.24, 2.45) is 5.92 Å². The SMILES string of the molecule is CN(c1ccc2c(c1)nc(C(C)(C)C)n2CC1CCC(F)(F)CC1)S(=O)(=O)N1CCC(F)(F)CC1. The molecule has 1 saturated carbocycles. The third-order valence-electron chi connectivity index (χ3n) is 7.17. The van der Waals surface area contributed by atoms with Crippen molar-refractivity contribution in [1.29, 1.82) is 0 Å². The highest BCUT2D eigenvalue weighted by atomic mass is 32.2. The molecule has 1 aromatic heterocycles. The normalized spacial score (nSPS) is 21.9. The number of hydrogen-bond donors (Lipinski definition) is 0. The number of rotatable bonds is 5. The first-order chi connectivity index (χ1) is 16.1. The van der Waals surface area contributed by atoms with E-state index in [1.165, 1.54) is 7.05 Å². The number of nitrogens with zero attached hydrogens (tertiary/aromatic N) is 4. The van der Waals surface area contributed by atoms with Crippen LogP contribution < -0.4 is 4.31 Å². The second-order valence-corrected chi connectivity index (χ2v) is 13.0. The first-order valence-corrected chi connectivity index (χ1v) is 13.5. The Morgan fingerprint density at radius 3 is 2.17 bits per heavy atom. The molecule has 4 rings (SSSR count). The van der Waals surface area contributed by atoms with Gasteiger partial charge in [-0.1, -0.05) is 20.8 Å². The number of aromatic nitrogens is 2. The van der Waals surface area contributed by atoms with Crippen molar-refractivity contribution in [3.05, 3.63) is 24.0 Å². The summed E-state index contributed by atoms with van der Waals surface area (Å²) in [6, 6.07) is 5.17. The third kappa shape index (κ3) is 5.45. The minimum absolute atomic E-state index is 0.107. The van der Waals surface area contributed by atoms with E-state index in [-0.39, 0.29) is 37.3 Å². The van der Waals surface area contributed by atoms with Crippen molar-refractivity contribution in [2.45, 2.75) is 83.1 Å². The zero-order chi connectivity index (χ0) is 25.8. The molecule has 11 heteroatoms. The van der Waals surface area contributed by atoms with Crippen molar-refractivity contribution in [1.82, 2.24) is 13.9 Å². The van der Waals surface area contributed by atoms with Gasteiger partial charge in [-0.15, -0.1) is 0 Å². The molecule has 196 valence electrons. The number of alkyl halides is 4. The number of hydrogen-bond acceptors (Lipinski definition) is 3.